The molecule has 5 N–H and O–H groups in total. The van der Waals surface area contributed by atoms with E-state index in [4.69, 9.17) is 0 Å². The smallest absolute Gasteiger partial charge is 0.309 e. The molecule has 8 atom stereocenters. The Morgan fingerprint density at radius 2 is 1.81 bits per heavy atom. The first-order valence-electron chi connectivity index (χ1n) is 9.94. The number of rotatable bonds is 2. The molecule has 0 radical (unpaired) electrons. The summed E-state index contributed by atoms with van der Waals surface area (Å²) in [5.41, 5.74) is -4.63. The number of fused-ring (bicyclic) bond motifs is 3. The number of aliphatic carboxylic acids is 1. The van der Waals surface area contributed by atoms with E-state index in [1.807, 2.05) is 6.92 Å². The van der Waals surface area contributed by atoms with Crippen LogP contribution in [0.15, 0.2) is 0 Å². The zero-order chi connectivity index (χ0) is 19.2. The van der Waals surface area contributed by atoms with Crippen molar-refractivity contribution in [3.63, 3.8) is 0 Å². The molecular weight excluding hydrogens is 336 g/mol. The predicted octanol–water partition coefficient (Wildman–Crippen LogP) is 1.29. The Labute approximate surface area is 154 Å². The molecule has 6 heteroatoms. The highest BCUT2D eigenvalue weighted by atomic mass is 16.4. The number of hydrogen-bond acceptors (Lipinski definition) is 5. The van der Waals surface area contributed by atoms with E-state index in [-0.39, 0.29) is 30.1 Å². The first kappa shape index (κ1) is 18.7. The molecular formula is C20H32O6. The molecule has 26 heavy (non-hydrogen) atoms. The quantitative estimate of drug-likeness (QED) is 0.501. The highest BCUT2D eigenvalue weighted by Gasteiger charge is 2.74. The van der Waals surface area contributed by atoms with Gasteiger partial charge in [0.2, 0.25) is 0 Å². The maximum Gasteiger partial charge on any atom is 0.309 e. The SMILES string of the molecule is C[C@@]12CCC[C@@](C)(C(=O)O)[C@H]1CC[C@]13C[C@@](O)(CO)[C@](O)(C[C@H](O)[C@H]12)C3. The summed E-state index contributed by atoms with van der Waals surface area (Å²) in [6, 6.07) is 0. The second kappa shape index (κ2) is 5.22. The van der Waals surface area contributed by atoms with Crippen LogP contribution in [-0.2, 0) is 4.79 Å². The van der Waals surface area contributed by atoms with Gasteiger partial charge in [0.05, 0.1) is 23.7 Å². The van der Waals surface area contributed by atoms with E-state index in [0.717, 1.165) is 19.3 Å². The summed E-state index contributed by atoms with van der Waals surface area (Å²) in [6.45, 7) is 3.45. The van der Waals surface area contributed by atoms with Gasteiger partial charge in [-0.25, -0.2) is 0 Å². The van der Waals surface area contributed by atoms with Gasteiger partial charge in [-0.05, 0) is 68.1 Å². The molecule has 0 aromatic rings. The molecule has 0 amide bonds. The van der Waals surface area contributed by atoms with Crippen LogP contribution in [0.1, 0.15) is 65.2 Å². The molecule has 6 nitrogen and oxygen atoms in total. The van der Waals surface area contributed by atoms with Crippen LogP contribution in [-0.4, -0.2) is 55.4 Å². The Hall–Kier alpha value is -0.690. The van der Waals surface area contributed by atoms with Crippen molar-refractivity contribution in [3.8, 4) is 0 Å². The molecule has 0 heterocycles. The van der Waals surface area contributed by atoms with E-state index < -0.39 is 40.7 Å². The van der Waals surface area contributed by atoms with Crippen LogP contribution in [0.4, 0.5) is 0 Å². The largest absolute Gasteiger partial charge is 0.481 e. The monoisotopic (exact) mass is 368 g/mol. The number of carboxylic acids is 1. The van der Waals surface area contributed by atoms with E-state index in [1.54, 1.807) is 0 Å². The molecule has 4 aliphatic rings. The molecule has 0 saturated heterocycles. The molecule has 148 valence electrons. The van der Waals surface area contributed by atoms with Crippen molar-refractivity contribution in [1.29, 1.82) is 0 Å². The van der Waals surface area contributed by atoms with Gasteiger partial charge in [-0.1, -0.05) is 13.3 Å². The lowest BCUT2D eigenvalue weighted by Crippen LogP contribution is -2.63. The summed E-state index contributed by atoms with van der Waals surface area (Å²) >= 11 is 0. The second-order valence-electron chi connectivity index (χ2n) is 10.4. The molecule has 4 saturated carbocycles. The highest BCUT2D eigenvalue weighted by molar-refractivity contribution is 5.75. The van der Waals surface area contributed by atoms with Crippen molar-refractivity contribution in [1.82, 2.24) is 0 Å². The van der Waals surface area contributed by atoms with Crippen molar-refractivity contribution >= 4 is 5.97 Å². The van der Waals surface area contributed by atoms with Crippen molar-refractivity contribution in [2.24, 2.45) is 28.1 Å². The van der Waals surface area contributed by atoms with Crippen molar-refractivity contribution in [3.05, 3.63) is 0 Å². The van der Waals surface area contributed by atoms with Gasteiger partial charge >= 0.3 is 5.97 Å². The average Bonchev–Trinajstić information content (AvgIpc) is 2.69. The number of aliphatic hydroxyl groups is 4. The summed E-state index contributed by atoms with van der Waals surface area (Å²) < 4.78 is 0. The van der Waals surface area contributed by atoms with E-state index in [9.17, 15) is 30.3 Å². The van der Waals surface area contributed by atoms with Crippen molar-refractivity contribution in [2.75, 3.05) is 6.61 Å². The fourth-order valence-corrected chi connectivity index (χ4v) is 8.21. The molecule has 4 fully saturated rings. The van der Waals surface area contributed by atoms with Crippen molar-refractivity contribution in [2.45, 2.75) is 82.5 Å². The zero-order valence-electron chi connectivity index (χ0n) is 15.7. The van der Waals surface area contributed by atoms with E-state index >= 15 is 0 Å². The maximum atomic E-state index is 12.1. The fraction of sp³-hybridized carbons (Fsp3) is 0.950. The number of hydrogen-bond donors (Lipinski definition) is 5. The third-order valence-corrected chi connectivity index (χ3v) is 9.11. The third kappa shape index (κ3) is 1.99. The van der Waals surface area contributed by atoms with Gasteiger partial charge in [-0.3, -0.25) is 4.79 Å². The standard InChI is InChI=1S/C20H32O6/c1-16-5-3-6-17(2,15(23)24)13(16)4-7-18-9-19(25,8-12(22)14(16)18)20(26,10-18)11-21/h12-14,21-22,25-26H,3-11H2,1-2H3,(H,23,24)/t12-,13-,14-,16+,17+,18-,19-,20+/m0/s1. The molecule has 0 unspecified atom stereocenters. The van der Waals surface area contributed by atoms with E-state index in [0.29, 0.717) is 19.3 Å². The topological polar surface area (TPSA) is 118 Å². The summed E-state index contributed by atoms with van der Waals surface area (Å²) in [7, 11) is 0. The molecule has 1 spiro atoms. The Bertz CT molecular complexity index is 638. The molecule has 0 aliphatic heterocycles. The number of carbonyl (C=O) groups is 1. The Balaban J connectivity index is 1.80. The first-order chi connectivity index (χ1) is 12.0. The minimum Gasteiger partial charge on any atom is -0.481 e. The molecule has 0 aromatic heterocycles. The van der Waals surface area contributed by atoms with Gasteiger partial charge < -0.3 is 25.5 Å². The van der Waals surface area contributed by atoms with E-state index in [1.165, 1.54) is 0 Å². The minimum atomic E-state index is -1.59. The fourth-order valence-electron chi connectivity index (χ4n) is 8.21. The summed E-state index contributed by atoms with van der Waals surface area (Å²) in [6.07, 6.45) is 3.64. The maximum absolute atomic E-state index is 12.1. The van der Waals surface area contributed by atoms with Crippen molar-refractivity contribution < 1.29 is 30.3 Å². The van der Waals surface area contributed by atoms with Gasteiger partial charge in [0.15, 0.2) is 0 Å². The number of carboxylic acid groups (broad SMARTS) is 1. The molecule has 0 aromatic carbocycles. The number of aliphatic hydroxyl groups excluding tert-OH is 2. The van der Waals surface area contributed by atoms with Crippen LogP contribution < -0.4 is 0 Å². The van der Waals surface area contributed by atoms with Crippen LogP contribution in [0.2, 0.25) is 0 Å². The van der Waals surface area contributed by atoms with Gasteiger partial charge in [0.25, 0.3) is 0 Å². The second-order valence-corrected chi connectivity index (χ2v) is 10.4. The summed E-state index contributed by atoms with van der Waals surface area (Å²) in [5.74, 6) is -0.946. The van der Waals surface area contributed by atoms with Crippen LogP contribution in [0.5, 0.6) is 0 Å². The lowest BCUT2D eigenvalue weighted by molar-refractivity contribution is -0.219. The zero-order valence-corrected chi connectivity index (χ0v) is 15.7. The minimum absolute atomic E-state index is 0.0273. The third-order valence-electron chi connectivity index (χ3n) is 9.11. The molecule has 4 rings (SSSR count). The van der Waals surface area contributed by atoms with E-state index in [2.05, 4.69) is 6.92 Å². The van der Waals surface area contributed by atoms with Gasteiger partial charge in [0, 0.05) is 6.42 Å². The lowest BCUT2D eigenvalue weighted by Gasteiger charge is -2.64. The van der Waals surface area contributed by atoms with Gasteiger partial charge in [0.1, 0.15) is 5.60 Å². The first-order valence-corrected chi connectivity index (χ1v) is 9.94. The predicted molar refractivity (Wildman–Crippen MR) is 93.2 cm³/mol. The Morgan fingerprint density at radius 1 is 1.12 bits per heavy atom. The molecule has 2 bridgehead atoms. The van der Waals surface area contributed by atoms with Crippen LogP contribution in [0, 0.1) is 28.1 Å². The highest BCUT2D eigenvalue weighted by Crippen LogP contribution is 2.73. The van der Waals surface area contributed by atoms with Crippen LogP contribution in [0.3, 0.4) is 0 Å². The normalized spacial score (nSPS) is 58.8. The summed E-state index contributed by atoms with van der Waals surface area (Å²) in [5, 5.41) is 52.8. The Morgan fingerprint density at radius 3 is 2.42 bits per heavy atom. The Kier molecular flexibility index (Phi) is 3.75. The van der Waals surface area contributed by atoms with Gasteiger partial charge in [-0.2, -0.15) is 0 Å². The molecule has 4 aliphatic carbocycles. The average molecular weight is 368 g/mol. The van der Waals surface area contributed by atoms with Gasteiger partial charge in [-0.15, -0.1) is 0 Å². The summed E-state index contributed by atoms with van der Waals surface area (Å²) in [4.78, 5) is 12.1. The van der Waals surface area contributed by atoms with Crippen LogP contribution in [0.25, 0.3) is 0 Å². The van der Waals surface area contributed by atoms with Crippen LogP contribution >= 0.6 is 0 Å². The lowest BCUT2D eigenvalue weighted by atomic mass is 9.40.